The third-order valence-corrected chi connectivity index (χ3v) is 2.68. The molecule has 15 heavy (non-hydrogen) atoms. The molecular formula is C9H14N4O2. The first-order chi connectivity index (χ1) is 7.13. The average Bonchev–Trinajstić information content (AvgIpc) is 2.71. The van der Waals surface area contributed by atoms with Gasteiger partial charge in [0.25, 0.3) is 0 Å². The molecule has 6 nitrogen and oxygen atoms in total. The van der Waals surface area contributed by atoms with Crippen LogP contribution in [0, 0.1) is 12.8 Å². The Morgan fingerprint density at radius 3 is 2.93 bits per heavy atom. The zero-order valence-electron chi connectivity index (χ0n) is 8.53. The summed E-state index contributed by atoms with van der Waals surface area (Å²) in [5.74, 6) is 0.330. The summed E-state index contributed by atoms with van der Waals surface area (Å²) in [6, 6.07) is 0. The first-order valence-electron chi connectivity index (χ1n) is 4.85. The minimum atomic E-state index is -0.00903. The number of nitrogens with two attached hydrogens (primary N) is 1. The number of aromatic amines is 1. The van der Waals surface area contributed by atoms with Crippen molar-refractivity contribution in [1.82, 2.24) is 10.2 Å². The van der Waals surface area contributed by atoms with Crippen LogP contribution in [0.1, 0.15) is 12.1 Å². The van der Waals surface area contributed by atoms with Crippen molar-refractivity contribution in [2.75, 3.05) is 23.8 Å². The quantitative estimate of drug-likeness (QED) is 0.621. The standard InChI is InChI=1S/C9H14N4O2/c1-5-8(9(10)12-11-5)13-3-6(4-14)2-7(13)15/h6,14H,2-4H2,1H3,(H3,10,11,12). The molecule has 0 bridgehead atoms. The molecule has 1 amide bonds. The van der Waals surface area contributed by atoms with Gasteiger partial charge in [0.05, 0.1) is 5.69 Å². The molecule has 82 valence electrons. The zero-order valence-corrected chi connectivity index (χ0v) is 8.53. The Labute approximate surface area is 87.1 Å². The Morgan fingerprint density at radius 2 is 2.47 bits per heavy atom. The second-order valence-electron chi connectivity index (χ2n) is 3.84. The maximum Gasteiger partial charge on any atom is 0.227 e. The lowest BCUT2D eigenvalue weighted by atomic mass is 10.1. The van der Waals surface area contributed by atoms with Crippen LogP contribution < -0.4 is 10.6 Å². The fourth-order valence-corrected chi connectivity index (χ4v) is 1.90. The van der Waals surface area contributed by atoms with E-state index < -0.39 is 0 Å². The van der Waals surface area contributed by atoms with Crippen molar-refractivity contribution in [3.05, 3.63) is 5.69 Å². The van der Waals surface area contributed by atoms with Gasteiger partial charge in [0.15, 0.2) is 5.82 Å². The topological polar surface area (TPSA) is 95.2 Å². The Kier molecular flexibility index (Phi) is 2.36. The van der Waals surface area contributed by atoms with Crippen LogP contribution in [0.15, 0.2) is 0 Å². The van der Waals surface area contributed by atoms with E-state index in [1.165, 1.54) is 0 Å². The highest BCUT2D eigenvalue weighted by molar-refractivity contribution is 5.98. The van der Waals surface area contributed by atoms with E-state index in [1.807, 2.05) is 6.92 Å². The molecule has 1 aromatic rings. The molecule has 1 saturated heterocycles. The van der Waals surface area contributed by atoms with Crippen LogP contribution in [0.3, 0.4) is 0 Å². The Bertz CT molecular complexity index is 368. The molecule has 1 atom stereocenters. The molecule has 1 aromatic heterocycles. The van der Waals surface area contributed by atoms with Crippen LogP contribution in [0.2, 0.25) is 0 Å². The molecule has 4 N–H and O–H groups in total. The summed E-state index contributed by atoms with van der Waals surface area (Å²) in [5.41, 5.74) is 7.10. The molecule has 2 rings (SSSR count). The summed E-state index contributed by atoms with van der Waals surface area (Å²) >= 11 is 0. The number of anilines is 2. The number of aliphatic hydroxyl groups excluding tert-OH is 1. The largest absolute Gasteiger partial charge is 0.396 e. The highest BCUT2D eigenvalue weighted by Gasteiger charge is 2.32. The van der Waals surface area contributed by atoms with E-state index in [9.17, 15) is 4.79 Å². The lowest BCUT2D eigenvalue weighted by Crippen LogP contribution is -2.26. The number of amides is 1. The summed E-state index contributed by atoms with van der Waals surface area (Å²) in [7, 11) is 0. The molecule has 2 heterocycles. The van der Waals surface area contributed by atoms with Gasteiger partial charge in [0.1, 0.15) is 5.69 Å². The number of carbonyl (C=O) groups is 1. The monoisotopic (exact) mass is 210 g/mol. The van der Waals surface area contributed by atoms with Gasteiger partial charge >= 0.3 is 0 Å². The number of nitrogen functional groups attached to an aromatic ring is 1. The van der Waals surface area contributed by atoms with E-state index in [-0.39, 0.29) is 18.4 Å². The van der Waals surface area contributed by atoms with Crippen molar-refractivity contribution in [1.29, 1.82) is 0 Å². The van der Waals surface area contributed by atoms with Gasteiger partial charge in [-0.05, 0) is 6.92 Å². The SMILES string of the molecule is Cc1[nH]nc(N)c1N1CC(CO)CC1=O. The molecule has 1 aliphatic heterocycles. The van der Waals surface area contributed by atoms with Crippen molar-refractivity contribution < 1.29 is 9.90 Å². The number of aliphatic hydroxyl groups is 1. The lowest BCUT2D eigenvalue weighted by Gasteiger charge is -2.15. The molecular weight excluding hydrogens is 196 g/mol. The molecule has 0 radical (unpaired) electrons. The van der Waals surface area contributed by atoms with Crippen LogP contribution in [-0.2, 0) is 4.79 Å². The number of hydrogen-bond acceptors (Lipinski definition) is 4. The van der Waals surface area contributed by atoms with Gasteiger partial charge in [0.2, 0.25) is 5.91 Å². The van der Waals surface area contributed by atoms with Gasteiger partial charge in [-0.2, -0.15) is 5.10 Å². The number of H-pyrrole nitrogens is 1. The highest BCUT2D eigenvalue weighted by Crippen LogP contribution is 2.30. The summed E-state index contributed by atoms with van der Waals surface area (Å²) in [5, 5.41) is 15.6. The molecule has 0 aliphatic carbocycles. The minimum absolute atomic E-state index is 0.00574. The van der Waals surface area contributed by atoms with Crippen molar-refractivity contribution in [2.24, 2.45) is 5.92 Å². The predicted molar refractivity (Wildman–Crippen MR) is 55.3 cm³/mol. The fraction of sp³-hybridized carbons (Fsp3) is 0.556. The van der Waals surface area contributed by atoms with Crippen LogP contribution >= 0.6 is 0 Å². The Hall–Kier alpha value is -1.56. The number of rotatable bonds is 2. The molecule has 0 saturated carbocycles. The first-order valence-corrected chi connectivity index (χ1v) is 4.85. The normalized spacial score (nSPS) is 21.3. The molecule has 0 spiro atoms. The second-order valence-corrected chi connectivity index (χ2v) is 3.84. The summed E-state index contributed by atoms with van der Waals surface area (Å²) in [6.45, 7) is 2.36. The van der Waals surface area contributed by atoms with Gasteiger partial charge in [-0.3, -0.25) is 9.89 Å². The minimum Gasteiger partial charge on any atom is -0.396 e. The zero-order chi connectivity index (χ0) is 11.0. The van der Waals surface area contributed by atoms with Crippen molar-refractivity contribution in [2.45, 2.75) is 13.3 Å². The predicted octanol–water partition coefficient (Wildman–Crippen LogP) is -0.354. The number of carbonyl (C=O) groups excluding carboxylic acids is 1. The number of hydrogen-bond donors (Lipinski definition) is 3. The fourth-order valence-electron chi connectivity index (χ4n) is 1.90. The van der Waals surface area contributed by atoms with Gasteiger partial charge in [-0.25, -0.2) is 0 Å². The highest BCUT2D eigenvalue weighted by atomic mass is 16.3. The van der Waals surface area contributed by atoms with Gasteiger partial charge in [-0.1, -0.05) is 0 Å². The number of nitrogens with one attached hydrogen (secondary N) is 1. The molecule has 6 heteroatoms. The van der Waals surface area contributed by atoms with Crippen LogP contribution in [-0.4, -0.2) is 34.4 Å². The summed E-state index contributed by atoms with van der Waals surface area (Å²) in [4.78, 5) is 13.3. The van der Waals surface area contributed by atoms with Crippen LogP contribution in [0.5, 0.6) is 0 Å². The molecule has 1 unspecified atom stereocenters. The molecule has 1 aliphatic rings. The van der Waals surface area contributed by atoms with E-state index in [1.54, 1.807) is 4.90 Å². The third kappa shape index (κ3) is 1.56. The lowest BCUT2D eigenvalue weighted by molar-refractivity contribution is -0.117. The van der Waals surface area contributed by atoms with Crippen LogP contribution in [0.25, 0.3) is 0 Å². The first kappa shape index (κ1) is 9.97. The Balaban J connectivity index is 2.29. The third-order valence-electron chi connectivity index (χ3n) is 2.68. The smallest absolute Gasteiger partial charge is 0.227 e. The number of aryl methyl sites for hydroxylation is 1. The van der Waals surface area contributed by atoms with E-state index in [0.29, 0.717) is 24.5 Å². The van der Waals surface area contributed by atoms with Crippen molar-refractivity contribution in [3.63, 3.8) is 0 Å². The van der Waals surface area contributed by atoms with E-state index in [4.69, 9.17) is 10.8 Å². The summed E-state index contributed by atoms with van der Waals surface area (Å²) in [6.07, 6.45) is 0.376. The van der Waals surface area contributed by atoms with Crippen molar-refractivity contribution >= 4 is 17.4 Å². The maximum atomic E-state index is 11.7. The van der Waals surface area contributed by atoms with E-state index in [0.717, 1.165) is 5.69 Å². The molecule has 1 fully saturated rings. The van der Waals surface area contributed by atoms with Gasteiger partial charge < -0.3 is 15.7 Å². The number of aromatic nitrogens is 2. The van der Waals surface area contributed by atoms with Crippen molar-refractivity contribution in [3.8, 4) is 0 Å². The number of nitrogens with zero attached hydrogens (tertiary/aromatic N) is 2. The second kappa shape index (κ2) is 3.54. The molecule has 0 aromatic carbocycles. The average molecular weight is 210 g/mol. The summed E-state index contributed by atoms with van der Waals surface area (Å²) < 4.78 is 0. The van der Waals surface area contributed by atoms with Gasteiger partial charge in [-0.15, -0.1) is 0 Å². The Morgan fingerprint density at radius 1 is 1.73 bits per heavy atom. The van der Waals surface area contributed by atoms with E-state index in [2.05, 4.69) is 10.2 Å². The van der Waals surface area contributed by atoms with Crippen LogP contribution in [0.4, 0.5) is 11.5 Å². The van der Waals surface area contributed by atoms with E-state index >= 15 is 0 Å². The maximum absolute atomic E-state index is 11.7. The van der Waals surface area contributed by atoms with Gasteiger partial charge in [0, 0.05) is 25.5 Å².